The summed E-state index contributed by atoms with van der Waals surface area (Å²) >= 11 is 2.79. The average Bonchev–Trinajstić information content (AvgIpc) is 3.32. The van der Waals surface area contributed by atoms with E-state index < -0.39 is 10.0 Å². The Morgan fingerprint density at radius 3 is 2.79 bits per heavy atom. The fourth-order valence-electron chi connectivity index (χ4n) is 3.16. The van der Waals surface area contributed by atoms with Gasteiger partial charge in [0.05, 0.1) is 29.1 Å². The number of nitrogens with one attached hydrogen (secondary N) is 1. The third-order valence-electron chi connectivity index (χ3n) is 4.35. The van der Waals surface area contributed by atoms with E-state index in [4.69, 9.17) is 0 Å². The molecule has 146 valence electrons. The van der Waals surface area contributed by atoms with Crippen LogP contribution in [0.25, 0.3) is 11.3 Å². The van der Waals surface area contributed by atoms with E-state index in [0.717, 1.165) is 40.2 Å². The van der Waals surface area contributed by atoms with Crippen LogP contribution in [0.5, 0.6) is 0 Å². The molecule has 0 atom stereocenters. The van der Waals surface area contributed by atoms with Gasteiger partial charge in [-0.3, -0.25) is 9.52 Å². The molecule has 0 bridgehead atoms. The first-order valence-corrected chi connectivity index (χ1v) is 12.2. The van der Waals surface area contributed by atoms with Crippen molar-refractivity contribution < 1.29 is 13.2 Å². The number of aromatic nitrogens is 2. The first-order valence-electron chi connectivity index (χ1n) is 8.56. The van der Waals surface area contributed by atoms with E-state index in [-0.39, 0.29) is 17.5 Å². The molecule has 28 heavy (non-hydrogen) atoms. The quantitative estimate of drug-likeness (QED) is 0.666. The minimum Gasteiger partial charge on any atom is -0.311 e. The molecule has 0 unspecified atom stereocenters. The molecule has 1 aliphatic heterocycles. The Morgan fingerprint density at radius 2 is 2.07 bits per heavy atom. The number of benzene rings is 1. The highest BCUT2D eigenvalue weighted by Gasteiger charge is 2.26. The summed E-state index contributed by atoms with van der Waals surface area (Å²) < 4.78 is 24.9. The number of rotatable bonds is 5. The van der Waals surface area contributed by atoms with Crippen molar-refractivity contribution in [3.8, 4) is 11.3 Å². The molecule has 0 aliphatic carbocycles. The van der Waals surface area contributed by atoms with Crippen molar-refractivity contribution in [1.82, 2.24) is 9.97 Å². The normalized spacial score (nSPS) is 13.6. The third kappa shape index (κ3) is 4.08. The Hall–Kier alpha value is -2.30. The van der Waals surface area contributed by atoms with Crippen molar-refractivity contribution in [3.05, 3.63) is 45.2 Å². The molecule has 0 saturated heterocycles. The molecule has 1 aromatic carbocycles. The van der Waals surface area contributed by atoms with E-state index in [1.165, 1.54) is 11.3 Å². The summed E-state index contributed by atoms with van der Waals surface area (Å²) in [6, 6.07) is 6.08. The molecule has 1 N–H and O–H groups in total. The number of hydrogen-bond donors (Lipinski definition) is 1. The van der Waals surface area contributed by atoms with Gasteiger partial charge in [0.15, 0.2) is 5.13 Å². The van der Waals surface area contributed by atoms with E-state index in [0.29, 0.717) is 12.2 Å². The van der Waals surface area contributed by atoms with Crippen LogP contribution in [0.15, 0.2) is 29.0 Å². The molecule has 7 nitrogen and oxygen atoms in total. The zero-order valence-corrected chi connectivity index (χ0v) is 17.7. The topological polar surface area (TPSA) is 92.3 Å². The van der Waals surface area contributed by atoms with Gasteiger partial charge in [-0.25, -0.2) is 18.4 Å². The highest BCUT2D eigenvalue weighted by Crippen LogP contribution is 2.33. The van der Waals surface area contributed by atoms with Crippen molar-refractivity contribution in [3.63, 3.8) is 0 Å². The van der Waals surface area contributed by atoms with Crippen molar-refractivity contribution in [2.24, 2.45) is 0 Å². The van der Waals surface area contributed by atoms with Crippen LogP contribution in [0.3, 0.4) is 0 Å². The lowest BCUT2D eigenvalue weighted by molar-refractivity contribution is -0.117. The number of aryl methyl sites for hydroxylation is 1. The lowest BCUT2D eigenvalue weighted by Gasteiger charge is -2.17. The van der Waals surface area contributed by atoms with E-state index >= 15 is 0 Å². The molecule has 3 aromatic rings. The van der Waals surface area contributed by atoms with Gasteiger partial charge in [-0.1, -0.05) is 6.07 Å². The standard InChI is InChI=1S/C18H18N4O3S3/c1-11-19-15(10-26-11)12-3-4-16-13(7-12)5-6-22(16)17(23)8-14-9-27-18(20-14)21-28(2,24)25/h3-4,7,9-10H,5-6,8H2,1-2H3,(H,20,21). The number of anilines is 2. The molecule has 4 rings (SSSR count). The third-order valence-corrected chi connectivity index (χ3v) is 6.62. The first kappa shape index (κ1) is 19.0. The lowest BCUT2D eigenvalue weighted by Crippen LogP contribution is -2.30. The molecule has 0 saturated carbocycles. The molecule has 0 radical (unpaired) electrons. The van der Waals surface area contributed by atoms with Gasteiger partial charge in [0.25, 0.3) is 0 Å². The van der Waals surface area contributed by atoms with Crippen LogP contribution in [0, 0.1) is 6.92 Å². The van der Waals surface area contributed by atoms with Crippen molar-refractivity contribution in [2.75, 3.05) is 22.4 Å². The number of carbonyl (C=O) groups is 1. The summed E-state index contributed by atoms with van der Waals surface area (Å²) in [6.07, 6.45) is 2.01. The van der Waals surface area contributed by atoms with Gasteiger partial charge in [-0.05, 0) is 31.0 Å². The average molecular weight is 435 g/mol. The second-order valence-corrected chi connectivity index (χ2v) is 10.3. The Labute approximate surface area is 171 Å². The molecular weight excluding hydrogens is 416 g/mol. The zero-order chi connectivity index (χ0) is 19.9. The number of fused-ring (bicyclic) bond motifs is 1. The first-order chi connectivity index (χ1) is 13.3. The SMILES string of the molecule is Cc1nc(-c2ccc3c(c2)CCN3C(=O)Cc2csc(NS(C)(=O)=O)n2)cs1. The molecule has 0 fully saturated rings. The number of hydrogen-bond acceptors (Lipinski definition) is 7. The van der Waals surface area contributed by atoms with Crippen LogP contribution in [-0.4, -0.2) is 37.1 Å². The smallest absolute Gasteiger partial charge is 0.233 e. The van der Waals surface area contributed by atoms with Gasteiger partial charge in [0, 0.05) is 28.6 Å². The zero-order valence-electron chi connectivity index (χ0n) is 15.3. The van der Waals surface area contributed by atoms with Gasteiger partial charge in [-0.2, -0.15) is 0 Å². The maximum Gasteiger partial charge on any atom is 0.233 e. The summed E-state index contributed by atoms with van der Waals surface area (Å²) in [6.45, 7) is 2.61. The van der Waals surface area contributed by atoms with Gasteiger partial charge < -0.3 is 4.90 Å². The number of sulfonamides is 1. The fraction of sp³-hybridized carbons (Fsp3) is 0.278. The predicted molar refractivity (Wildman–Crippen MR) is 113 cm³/mol. The number of amides is 1. The fourth-order valence-corrected chi connectivity index (χ4v) is 5.35. The Bertz CT molecular complexity index is 1150. The van der Waals surface area contributed by atoms with Crippen molar-refractivity contribution in [2.45, 2.75) is 19.8 Å². The summed E-state index contributed by atoms with van der Waals surface area (Å²) in [5.74, 6) is -0.0489. The second kappa shape index (κ2) is 7.26. The van der Waals surface area contributed by atoms with Gasteiger partial charge >= 0.3 is 0 Å². The minimum absolute atomic E-state index is 0.0489. The Morgan fingerprint density at radius 1 is 1.25 bits per heavy atom. The second-order valence-electron chi connectivity index (χ2n) is 6.59. The van der Waals surface area contributed by atoms with Crippen molar-refractivity contribution >= 4 is 49.4 Å². The molecule has 2 aromatic heterocycles. The van der Waals surface area contributed by atoms with Crippen LogP contribution < -0.4 is 9.62 Å². The van der Waals surface area contributed by atoms with Gasteiger partial charge in [-0.15, -0.1) is 22.7 Å². The molecule has 0 spiro atoms. The number of carbonyl (C=O) groups excluding carboxylic acids is 1. The summed E-state index contributed by atoms with van der Waals surface area (Å²) in [5, 5.41) is 5.05. The summed E-state index contributed by atoms with van der Waals surface area (Å²) in [7, 11) is -3.38. The van der Waals surface area contributed by atoms with E-state index in [1.54, 1.807) is 21.6 Å². The largest absolute Gasteiger partial charge is 0.311 e. The van der Waals surface area contributed by atoms with Crippen LogP contribution in [0.4, 0.5) is 10.8 Å². The highest BCUT2D eigenvalue weighted by molar-refractivity contribution is 7.92. The van der Waals surface area contributed by atoms with Crippen LogP contribution in [0.1, 0.15) is 16.3 Å². The molecule has 1 amide bonds. The Kier molecular flexibility index (Phi) is 4.94. The Balaban J connectivity index is 1.49. The van der Waals surface area contributed by atoms with Gasteiger partial charge in [0.1, 0.15) is 0 Å². The van der Waals surface area contributed by atoms with E-state index in [2.05, 4.69) is 20.8 Å². The van der Waals surface area contributed by atoms with Crippen LogP contribution in [-0.2, 0) is 27.7 Å². The summed E-state index contributed by atoms with van der Waals surface area (Å²) in [4.78, 5) is 23.3. The minimum atomic E-state index is -3.38. The molecule has 10 heteroatoms. The lowest BCUT2D eigenvalue weighted by atomic mass is 10.1. The van der Waals surface area contributed by atoms with E-state index in [1.807, 2.05) is 24.4 Å². The van der Waals surface area contributed by atoms with Crippen molar-refractivity contribution in [1.29, 1.82) is 0 Å². The highest BCUT2D eigenvalue weighted by atomic mass is 32.2. The number of thiazole rings is 2. The molecule has 3 heterocycles. The maximum atomic E-state index is 12.8. The molecular formula is C18H18N4O3S3. The number of nitrogens with zero attached hydrogens (tertiary/aromatic N) is 3. The van der Waals surface area contributed by atoms with Crippen LogP contribution in [0.2, 0.25) is 0 Å². The molecule has 1 aliphatic rings. The summed E-state index contributed by atoms with van der Waals surface area (Å²) in [5.41, 5.74) is 4.64. The van der Waals surface area contributed by atoms with Gasteiger partial charge in [0.2, 0.25) is 15.9 Å². The maximum absolute atomic E-state index is 12.8. The predicted octanol–water partition coefficient (Wildman–Crippen LogP) is 3.08. The van der Waals surface area contributed by atoms with E-state index in [9.17, 15) is 13.2 Å². The monoisotopic (exact) mass is 434 g/mol. The van der Waals surface area contributed by atoms with Crippen LogP contribution >= 0.6 is 22.7 Å².